The molecule has 29 heavy (non-hydrogen) atoms. The summed E-state index contributed by atoms with van der Waals surface area (Å²) in [6.45, 7) is 5.38. The molecule has 0 aromatic heterocycles. The molecule has 4 atom stereocenters. The van der Waals surface area contributed by atoms with E-state index in [0.717, 1.165) is 4.47 Å². The fraction of sp³-hybridized carbons (Fsp3) is 0.500. The molecule has 0 unspecified atom stereocenters. The minimum absolute atomic E-state index is 0.0565. The number of carbonyl (C=O) groups excluding carboxylic acids is 4. The highest BCUT2D eigenvalue weighted by atomic mass is 79.9. The first-order valence-corrected chi connectivity index (χ1v) is 10.3. The van der Waals surface area contributed by atoms with Gasteiger partial charge in [0, 0.05) is 33.7 Å². The molecule has 154 valence electrons. The van der Waals surface area contributed by atoms with Crippen LogP contribution in [0.4, 0.5) is 5.69 Å². The van der Waals surface area contributed by atoms with E-state index >= 15 is 0 Å². The molecule has 1 spiro atoms. The van der Waals surface area contributed by atoms with Gasteiger partial charge in [-0.25, -0.2) is 0 Å². The molecule has 1 aromatic rings. The summed E-state index contributed by atoms with van der Waals surface area (Å²) in [5, 5.41) is 6.13. The zero-order valence-corrected chi connectivity index (χ0v) is 18.0. The number of hydrogen-bond acceptors (Lipinski definition) is 5. The van der Waals surface area contributed by atoms with Crippen LogP contribution in [-0.4, -0.2) is 40.1 Å². The topological polar surface area (TPSA) is 122 Å². The molecule has 4 rings (SSSR count). The predicted molar refractivity (Wildman–Crippen MR) is 108 cm³/mol. The van der Waals surface area contributed by atoms with Crippen molar-refractivity contribution >= 4 is 45.2 Å². The molecule has 0 aliphatic carbocycles. The minimum Gasteiger partial charge on any atom is -0.370 e. The second kappa shape index (κ2) is 6.37. The van der Waals surface area contributed by atoms with Crippen molar-refractivity contribution in [3.63, 3.8) is 0 Å². The third-order valence-electron chi connectivity index (χ3n) is 6.05. The van der Waals surface area contributed by atoms with Crippen molar-refractivity contribution in [2.45, 2.75) is 50.7 Å². The van der Waals surface area contributed by atoms with Gasteiger partial charge in [0.1, 0.15) is 5.54 Å². The smallest absolute Gasteiger partial charge is 0.250 e. The van der Waals surface area contributed by atoms with E-state index in [0.29, 0.717) is 11.3 Å². The maximum Gasteiger partial charge on any atom is 0.250 e. The Morgan fingerprint density at radius 1 is 1.24 bits per heavy atom. The number of nitrogens with zero attached hydrogens (tertiary/aromatic N) is 1. The van der Waals surface area contributed by atoms with Crippen molar-refractivity contribution < 1.29 is 19.2 Å². The Morgan fingerprint density at radius 3 is 2.55 bits per heavy atom. The Balaban J connectivity index is 1.88. The largest absolute Gasteiger partial charge is 0.370 e. The standard InChI is InChI=1S/C20H23BrN4O4/c1-19(2,3)25-16(27)14-12(6-7-13(22)26)24-20(15(14)17(25)28)10-8-9(21)4-5-11(10)23-18(20)29/h4-5,8,12,14-15,24H,6-7H2,1-3H3,(H2,22,26)(H,23,29)/t12-,14-,15+,20-/m1/s1. The molecule has 0 radical (unpaired) electrons. The number of carbonyl (C=O) groups is 4. The third kappa shape index (κ3) is 2.74. The number of benzene rings is 1. The molecule has 2 fully saturated rings. The van der Waals surface area contributed by atoms with Gasteiger partial charge < -0.3 is 11.1 Å². The van der Waals surface area contributed by atoms with Crippen molar-refractivity contribution in [1.29, 1.82) is 0 Å². The van der Waals surface area contributed by atoms with Crippen LogP contribution in [0.5, 0.6) is 0 Å². The number of imide groups is 1. The summed E-state index contributed by atoms with van der Waals surface area (Å²) in [5.41, 5.74) is 4.47. The quantitative estimate of drug-likeness (QED) is 0.583. The number of rotatable bonds is 3. The maximum absolute atomic E-state index is 13.5. The molecule has 9 heteroatoms. The fourth-order valence-electron chi connectivity index (χ4n) is 4.98. The van der Waals surface area contributed by atoms with E-state index in [1.807, 2.05) is 0 Å². The Kier molecular flexibility index (Phi) is 4.40. The van der Waals surface area contributed by atoms with Crippen LogP contribution in [0.2, 0.25) is 0 Å². The molecule has 8 nitrogen and oxygen atoms in total. The highest BCUT2D eigenvalue weighted by Gasteiger charge is 2.71. The molecule has 1 aromatic carbocycles. The number of primary amides is 1. The summed E-state index contributed by atoms with van der Waals surface area (Å²) >= 11 is 3.43. The molecular weight excluding hydrogens is 440 g/mol. The minimum atomic E-state index is -1.36. The van der Waals surface area contributed by atoms with Gasteiger partial charge in [0.25, 0.3) is 0 Å². The lowest BCUT2D eigenvalue weighted by Gasteiger charge is -2.34. The van der Waals surface area contributed by atoms with Gasteiger partial charge in [0.2, 0.25) is 23.6 Å². The molecule has 3 aliphatic heterocycles. The van der Waals surface area contributed by atoms with Gasteiger partial charge in [-0.2, -0.15) is 0 Å². The number of likely N-dealkylation sites (tertiary alicyclic amines) is 1. The highest BCUT2D eigenvalue weighted by Crippen LogP contribution is 2.54. The van der Waals surface area contributed by atoms with Gasteiger partial charge in [-0.05, 0) is 45.4 Å². The summed E-state index contributed by atoms with van der Waals surface area (Å²) in [4.78, 5) is 52.7. The first-order valence-electron chi connectivity index (χ1n) is 9.54. The van der Waals surface area contributed by atoms with E-state index in [9.17, 15) is 19.2 Å². The Labute approximate surface area is 176 Å². The van der Waals surface area contributed by atoms with Crippen molar-refractivity contribution in [1.82, 2.24) is 10.2 Å². The zero-order valence-electron chi connectivity index (χ0n) is 16.4. The third-order valence-corrected chi connectivity index (χ3v) is 6.54. The maximum atomic E-state index is 13.5. The number of anilines is 1. The normalized spacial score (nSPS) is 30.7. The monoisotopic (exact) mass is 462 g/mol. The van der Waals surface area contributed by atoms with Crippen molar-refractivity contribution in [3.05, 3.63) is 28.2 Å². The Bertz CT molecular complexity index is 956. The van der Waals surface area contributed by atoms with Crippen LogP contribution in [0, 0.1) is 11.8 Å². The van der Waals surface area contributed by atoms with E-state index in [1.165, 1.54) is 4.90 Å². The van der Waals surface area contributed by atoms with Crippen molar-refractivity contribution in [3.8, 4) is 0 Å². The van der Waals surface area contributed by atoms with Crippen molar-refractivity contribution in [2.24, 2.45) is 17.6 Å². The second-order valence-corrected chi connectivity index (χ2v) is 9.81. The first kappa shape index (κ1) is 20.0. The average Bonchev–Trinajstić information content (AvgIpc) is 3.18. The predicted octanol–water partition coefficient (Wildman–Crippen LogP) is 1.23. The van der Waals surface area contributed by atoms with Gasteiger partial charge in [-0.1, -0.05) is 15.9 Å². The summed E-state index contributed by atoms with van der Waals surface area (Å²) in [6.07, 6.45) is 0.326. The number of nitrogens with two attached hydrogens (primary N) is 1. The summed E-state index contributed by atoms with van der Waals surface area (Å²) in [5.74, 6) is -3.17. The summed E-state index contributed by atoms with van der Waals surface area (Å²) < 4.78 is 0.760. The molecule has 4 amide bonds. The van der Waals surface area contributed by atoms with Crippen molar-refractivity contribution in [2.75, 3.05) is 5.32 Å². The lowest BCUT2D eigenvalue weighted by atomic mass is 9.76. The van der Waals surface area contributed by atoms with Gasteiger partial charge >= 0.3 is 0 Å². The summed E-state index contributed by atoms with van der Waals surface area (Å²) in [6, 6.07) is 4.85. The van der Waals surface area contributed by atoms with Gasteiger partial charge in [-0.3, -0.25) is 29.4 Å². The number of hydrogen-bond donors (Lipinski definition) is 3. The van der Waals surface area contributed by atoms with E-state index < -0.39 is 34.9 Å². The molecule has 0 saturated carbocycles. The Morgan fingerprint density at radius 2 is 1.93 bits per heavy atom. The highest BCUT2D eigenvalue weighted by molar-refractivity contribution is 9.10. The zero-order chi connectivity index (χ0) is 21.3. The van der Waals surface area contributed by atoms with E-state index in [2.05, 4.69) is 26.6 Å². The SMILES string of the molecule is CC(C)(C)N1C(=O)[C@H]2[C@@H](C1=O)[C@@]1(N[C@@H]2CCC(N)=O)C(=O)Nc2ccc(Br)cc21. The molecule has 2 saturated heterocycles. The number of halogens is 1. The number of fused-ring (bicyclic) bond motifs is 4. The molecule has 0 bridgehead atoms. The van der Waals surface area contributed by atoms with Gasteiger partial charge in [0.15, 0.2) is 0 Å². The van der Waals surface area contributed by atoms with E-state index in [-0.39, 0.29) is 30.6 Å². The van der Waals surface area contributed by atoms with Crippen LogP contribution in [0.3, 0.4) is 0 Å². The summed E-state index contributed by atoms with van der Waals surface area (Å²) in [7, 11) is 0. The lowest BCUT2D eigenvalue weighted by Crippen LogP contribution is -2.55. The molecule has 4 N–H and O–H groups in total. The van der Waals surface area contributed by atoms with Crippen LogP contribution in [0.25, 0.3) is 0 Å². The second-order valence-electron chi connectivity index (χ2n) is 8.89. The van der Waals surface area contributed by atoms with E-state index in [4.69, 9.17) is 5.73 Å². The van der Waals surface area contributed by atoms with Crippen LogP contribution >= 0.6 is 15.9 Å². The van der Waals surface area contributed by atoms with Crippen LogP contribution in [0.15, 0.2) is 22.7 Å². The van der Waals surface area contributed by atoms with Gasteiger partial charge in [0.05, 0.1) is 11.8 Å². The van der Waals surface area contributed by atoms with Crippen LogP contribution < -0.4 is 16.4 Å². The molecular formula is C20H23BrN4O4. The van der Waals surface area contributed by atoms with Gasteiger partial charge in [-0.15, -0.1) is 0 Å². The van der Waals surface area contributed by atoms with Crippen LogP contribution in [0.1, 0.15) is 39.2 Å². The average molecular weight is 463 g/mol. The molecule has 3 aliphatic rings. The molecule has 3 heterocycles. The van der Waals surface area contributed by atoms with E-state index in [1.54, 1.807) is 39.0 Å². The lowest BCUT2D eigenvalue weighted by molar-refractivity contribution is -0.148. The fourth-order valence-corrected chi connectivity index (χ4v) is 5.34. The Hall–Kier alpha value is -2.26. The number of nitrogens with one attached hydrogen (secondary N) is 2. The first-order chi connectivity index (χ1) is 13.5. The number of amides is 4. The van der Waals surface area contributed by atoms with Crippen LogP contribution in [-0.2, 0) is 24.7 Å².